The lowest BCUT2D eigenvalue weighted by molar-refractivity contribution is -0.136. The second-order valence-electron chi connectivity index (χ2n) is 11.3. The molecule has 1 aromatic heterocycles. The SMILES string of the molecule is CSN1Cc2cc(OCc3c(-c4c(Cl)cccc4Cl)noc3C)ccc2-c2c(C)c(-c3ccc(C)cc3)c(CC(=O)O)c(C)c21. The fourth-order valence-corrected chi connectivity index (χ4v) is 7.49. The minimum Gasteiger partial charge on any atom is -0.489 e. The normalized spacial score (nSPS) is 12.2. The Hall–Kier alpha value is -3.91. The first-order valence-electron chi connectivity index (χ1n) is 14.5. The van der Waals surface area contributed by atoms with Crippen LogP contribution >= 0.6 is 35.1 Å². The van der Waals surface area contributed by atoms with Gasteiger partial charge in [-0.15, -0.1) is 0 Å². The van der Waals surface area contributed by atoms with Crippen molar-refractivity contribution in [1.82, 2.24) is 5.16 Å². The number of benzene rings is 4. The van der Waals surface area contributed by atoms with E-state index in [2.05, 4.69) is 59.7 Å². The third-order valence-electron chi connectivity index (χ3n) is 8.46. The number of aliphatic carboxylic acids is 1. The minimum atomic E-state index is -0.845. The largest absolute Gasteiger partial charge is 0.489 e. The highest BCUT2D eigenvalue weighted by atomic mass is 35.5. The molecule has 0 unspecified atom stereocenters. The Balaban J connectivity index is 1.42. The summed E-state index contributed by atoms with van der Waals surface area (Å²) in [5.74, 6) is 0.501. The van der Waals surface area contributed by atoms with E-state index < -0.39 is 5.97 Å². The maximum Gasteiger partial charge on any atom is 0.307 e. The first kappa shape index (κ1) is 31.1. The molecule has 0 atom stereocenters. The van der Waals surface area contributed by atoms with E-state index in [0.29, 0.717) is 39.4 Å². The molecule has 0 saturated carbocycles. The number of aryl methyl sites for hydroxylation is 2. The van der Waals surface area contributed by atoms with E-state index in [1.807, 2.05) is 26.2 Å². The number of rotatable bonds is 8. The standard InChI is InChI=1S/C36H32Cl2N2O4S/c1-19-9-11-23(12-10-19)32-21(3)33-26-14-13-25(15-24(26)17-40(45-5)36(33)20(2)27(32)16-31(41)42)43-18-28-22(4)44-39-35(28)34-29(37)7-6-8-30(34)38/h6-15H,16-18H2,1-5H3,(H,41,42). The summed E-state index contributed by atoms with van der Waals surface area (Å²) in [5, 5.41) is 15.1. The Kier molecular flexibility index (Phi) is 8.61. The summed E-state index contributed by atoms with van der Waals surface area (Å²) in [6.07, 6.45) is 2.00. The molecule has 45 heavy (non-hydrogen) atoms. The van der Waals surface area contributed by atoms with Crippen molar-refractivity contribution in [2.45, 2.75) is 47.3 Å². The Labute approximate surface area is 277 Å². The van der Waals surface area contributed by atoms with Crippen molar-refractivity contribution in [3.8, 4) is 39.3 Å². The van der Waals surface area contributed by atoms with Crippen LogP contribution in [0.3, 0.4) is 0 Å². The van der Waals surface area contributed by atoms with Gasteiger partial charge in [0, 0.05) is 17.4 Å². The molecule has 230 valence electrons. The fraction of sp³-hybridized carbons (Fsp3) is 0.222. The molecule has 2 heterocycles. The smallest absolute Gasteiger partial charge is 0.307 e. The Morgan fingerprint density at radius 3 is 2.33 bits per heavy atom. The van der Waals surface area contributed by atoms with Crippen LogP contribution in [0.4, 0.5) is 5.69 Å². The molecule has 6 rings (SSSR count). The minimum absolute atomic E-state index is 0.0469. The molecular formula is C36H32Cl2N2O4S. The third-order valence-corrected chi connectivity index (χ3v) is 9.84. The van der Waals surface area contributed by atoms with Crippen molar-refractivity contribution in [2.75, 3.05) is 10.6 Å². The number of fused-ring (bicyclic) bond motifs is 3. The number of ether oxygens (including phenoxy) is 1. The van der Waals surface area contributed by atoms with Crippen LogP contribution in [0.5, 0.6) is 5.75 Å². The third kappa shape index (κ3) is 5.69. The van der Waals surface area contributed by atoms with Crippen LogP contribution in [-0.2, 0) is 24.4 Å². The zero-order valence-electron chi connectivity index (χ0n) is 25.6. The number of nitrogens with zero attached hydrogens (tertiary/aromatic N) is 2. The van der Waals surface area contributed by atoms with Crippen LogP contribution < -0.4 is 9.04 Å². The summed E-state index contributed by atoms with van der Waals surface area (Å²) in [6, 6.07) is 19.8. The summed E-state index contributed by atoms with van der Waals surface area (Å²) in [7, 11) is 0. The lowest BCUT2D eigenvalue weighted by Gasteiger charge is -2.36. The predicted octanol–water partition coefficient (Wildman–Crippen LogP) is 10.0. The summed E-state index contributed by atoms with van der Waals surface area (Å²) in [6.45, 7) is 8.91. The fourth-order valence-electron chi connectivity index (χ4n) is 6.23. The predicted molar refractivity (Wildman–Crippen MR) is 184 cm³/mol. The number of hydrogen-bond donors (Lipinski definition) is 1. The zero-order valence-corrected chi connectivity index (χ0v) is 28.0. The molecule has 1 N–H and O–H groups in total. The van der Waals surface area contributed by atoms with Crippen LogP contribution in [0.1, 0.15) is 39.1 Å². The molecule has 6 nitrogen and oxygen atoms in total. The van der Waals surface area contributed by atoms with Crippen LogP contribution in [0.2, 0.25) is 10.0 Å². The second-order valence-corrected chi connectivity index (χ2v) is 12.9. The van der Waals surface area contributed by atoms with Gasteiger partial charge in [-0.25, -0.2) is 0 Å². The van der Waals surface area contributed by atoms with Crippen molar-refractivity contribution in [2.24, 2.45) is 0 Å². The average Bonchev–Trinajstić information content (AvgIpc) is 3.37. The van der Waals surface area contributed by atoms with E-state index in [4.69, 9.17) is 32.5 Å². The van der Waals surface area contributed by atoms with Gasteiger partial charge >= 0.3 is 5.97 Å². The molecule has 1 aliphatic heterocycles. The number of carboxylic acid groups (broad SMARTS) is 1. The van der Waals surface area contributed by atoms with Crippen LogP contribution in [0.25, 0.3) is 33.5 Å². The molecule has 0 saturated heterocycles. The number of aromatic nitrogens is 1. The van der Waals surface area contributed by atoms with Gasteiger partial charge < -0.3 is 18.7 Å². The lowest BCUT2D eigenvalue weighted by Crippen LogP contribution is -2.22. The molecule has 5 aromatic rings. The van der Waals surface area contributed by atoms with Gasteiger partial charge in [0.25, 0.3) is 0 Å². The van der Waals surface area contributed by atoms with E-state index in [-0.39, 0.29) is 13.0 Å². The molecule has 4 aromatic carbocycles. The maximum atomic E-state index is 12.1. The van der Waals surface area contributed by atoms with Crippen molar-refractivity contribution in [3.05, 3.63) is 110 Å². The molecule has 0 fully saturated rings. The van der Waals surface area contributed by atoms with E-state index in [1.165, 1.54) is 0 Å². The van der Waals surface area contributed by atoms with Crippen LogP contribution in [0.15, 0.2) is 65.2 Å². The molecule has 9 heteroatoms. The molecule has 0 radical (unpaired) electrons. The second kappa shape index (κ2) is 12.5. The van der Waals surface area contributed by atoms with Gasteiger partial charge in [-0.2, -0.15) is 0 Å². The summed E-state index contributed by atoms with van der Waals surface area (Å²) in [4.78, 5) is 12.1. The van der Waals surface area contributed by atoms with Gasteiger partial charge in [-0.05, 0) is 90.9 Å². The molecule has 0 bridgehead atoms. The van der Waals surface area contributed by atoms with E-state index >= 15 is 0 Å². The van der Waals surface area contributed by atoms with Crippen LogP contribution in [-0.4, -0.2) is 22.5 Å². The monoisotopic (exact) mass is 658 g/mol. The maximum absolute atomic E-state index is 12.1. The van der Waals surface area contributed by atoms with Crippen molar-refractivity contribution >= 4 is 46.8 Å². The number of anilines is 1. The number of hydrogen-bond acceptors (Lipinski definition) is 6. The van der Waals surface area contributed by atoms with Crippen molar-refractivity contribution < 1.29 is 19.2 Å². The molecule has 0 aliphatic carbocycles. The van der Waals surface area contributed by atoms with Gasteiger partial charge in [-0.3, -0.25) is 4.79 Å². The van der Waals surface area contributed by atoms with Gasteiger partial charge in [0.2, 0.25) is 0 Å². The van der Waals surface area contributed by atoms with Gasteiger partial charge in [0.05, 0.1) is 34.3 Å². The highest BCUT2D eigenvalue weighted by molar-refractivity contribution is 7.99. The molecular weight excluding hydrogens is 627 g/mol. The Bertz CT molecular complexity index is 1930. The molecule has 0 spiro atoms. The average molecular weight is 660 g/mol. The molecule has 1 aliphatic rings. The highest BCUT2D eigenvalue weighted by Gasteiger charge is 2.31. The number of carbonyl (C=O) groups is 1. The zero-order chi connectivity index (χ0) is 32.0. The highest BCUT2D eigenvalue weighted by Crippen LogP contribution is 2.51. The number of carboxylic acids is 1. The van der Waals surface area contributed by atoms with Crippen molar-refractivity contribution in [1.29, 1.82) is 0 Å². The summed E-state index contributed by atoms with van der Waals surface area (Å²) >= 11 is 14.6. The van der Waals surface area contributed by atoms with Gasteiger partial charge in [0.1, 0.15) is 23.8 Å². The topological polar surface area (TPSA) is 75.8 Å². The van der Waals surface area contributed by atoms with E-state index in [1.54, 1.807) is 30.1 Å². The van der Waals surface area contributed by atoms with Crippen molar-refractivity contribution in [3.63, 3.8) is 0 Å². The Morgan fingerprint density at radius 2 is 1.67 bits per heavy atom. The Morgan fingerprint density at radius 1 is 0.956 bits per heavy atom. The van der Waals surface area contributed by atoms with Crippen LogP contribution in [0, 0.1) is 27.7 Å². The van der Waals surface area contributed by atoms with Gasteiger partial charge in [-0.1, -0.05) is 82.3 Å². The molecule has 0 amide bonds. The van der Waals surface area contributed by atoms with Gasteiger partial charge in [0.15, 0.2) is 0 Å². The first-order chi connectivity index (χ1) is 21.6. The van der Waals surface area contributed by atoms with E-state index in [0.717, 1.165) is 61.3 Å². The summed E-state index contributed by atoms with van der Waals surface area (Å²) in [5.41, 5.74) is 12.4. The number of halogens is 2. The quantitative estimate of drug-likeness (QED) is 0.166. The first-order valence-corrected chi connectivity index (χ1v) is 16.4. The lowest BCUT2D eigenvalue weighted by atomic mass is 9.81. The van der Waals surface area contributed by atoms with E-state index in [9.17, 15) is 9.90 Å². The summed E-state index contributed by atoms with van der Waals surface area (Å²) < 4.78 is 14.1.